The Balaban J connectivity index is 2.05. The predicted octanol–water partition coefficient (Wildman–Crippen LogP) is 3.37. The number of carbonyl (C=O) groups is 2. The number of nitriles is 1. The average molecular weight is 393 g/mol. The van der Waals surface area contributed by atoms with E-state index < -0.39 is 6.04 Å². The maximum absolute atomic E-state index is 13.0. The molecule has 6 heteroatoms. The van der Waals surface area contributed by atoms with Gasteiger partial charge in [0.1, 0.15) is 11.8 Å². The first-order valence-electron chi connectivity index (χ1n) is 9.63. The Labute approximate surface area is 172 Å². The zero-order valence-electron chi connectivity index (χ0n) is 17.3. The van der Waals surface area contributed by atoms with Gasteiger partial charge in [-0.2, -0.15) is 5.26 Å². The quantitative estimate of drug-likeness (QED) is 0.745. The first-order valence-corrected chi connectivity index (χ1v) is 9.63. The molecule has 0 heterocycles. The molecule has 0 aromatic heterocycles. The van der Waals surface area contributed by atoms with Crippen molar-refractivity contribution in [3.05, 3.63) is 65.2 Å². The zero-order chi connectivity index (χ0) is 21.4. The van der Waals surface area contributed by atoms with Gasteiger partial charge in [0, 0.05) is 19.2 Å². The van der Waals surface area contributed by atoms with Crippen LogP contribution in [0.25, 0.3) is 0 Å². The molecule has 2 amide bonds. The molecule has 0 saturated carbocycles. The highest BCUT2D eigenvalue weighted by Crippen LogP contribution is 2.14. The van der Waals surface area contributed by atoms with Crippen molar-refractivity contribution in [1.29, 1.82) is 5.26 Å². The van der Waals surface area contributed by atoms with Crippen LogP contribution in [0.15, 0.2) is 48.5 Å². The summed E-state index contributed by atoms with van der Waals surface area (Å²) in [6.07, 6.45) is 0. The van der Waals surface area contributed by atoms with Crippen molar-refractivity contribution in [2.24, 2.45) is 5.92 Å². The Bertz CT molecular complexity index is 868. The Morgan fingerprint density at radius 3 is 2.24 bits per heavy atom. The fourth-order valence-electron chi connectivity index (χ4n) is 2.88. The molecule has 0 aliphatic heterocycles. The van der Waals surface area contributed by atoms with Crippen LogP contribution in [0.3, 0.4) is 0 Å². The van der Waals surface area contributed by atoms with Crippen molar-refractivity contribution in [2.45, 2.75) is 33.4 Å². The number of nitrogens with zero attached hydrogens (tertiary/aromatic N) is 2. The minimum absolute atomic E-state index is 0.0717. The van der Waals surface area contributed by atoms with Crippen molar-refractivity contribution in [3.63, 3.8) is 0 Å². The van der Waals surface area contributed by atoms with E-state index in [-0.39, 0.29) is 17.7 Å². The third-order valence-corrected chi connectivity index (χ3v) is 4.53. The summed E-state index contributed by atoms with van der Waals surface area (Å²) < 4.78 is 5.39. The molecule has 1 unspecified atom stereocenters. The number of amides is 2. The van der Waals surface area contributed by atoms with Gasteiger partial charge >= 0.3 is 0 Å². The van der Waals surface area contributed by atoms with Crippen LogP contribution in [0.4, 0.5) is 0 Å². The number of ether oxygens (including phenoxy) is 1. The zero-order valence-corrected chi connectivity index (χ0v) is 17.3. The Morgan fingerprint density at radius 2 is 1.72 bits per heavy atom. The summed E-state index contributed by atoms with van der Waals surface area (Å²) in [6.45, 7) is 6.65. The lowest BCUT2D eigenvalue weighted by Crippen LogP contribution is -2.50. The van der Waals surface area contributed by atoms with Crippen LogP contribution in [0.2, 0.25) is 0 Å². The third-order valence-electron chi connectivity index (χ3n) is 4.53. The van der Waals surface area contributed by atoms with E-state index in [1.54, 1.807) is 48.3 Å². The minimum Gasteiger partial charge on any atom is -0.494 e. The molecule has 1 N–H and O–H groups in total. The molecular weight excluding hydrogens is 366 g/mol. The summed E-state index contributed by atoms with van der Waals surface area (Å²) >= 11 is 0. The summed E-state index contributed by atoms with van der Waals surface area (Å²) in [6, 6.07) is 15.4. The molecule has 0 saturated heterocycles. The molecule has 0 spiro atoms. The molecule has 0 bridgehead atoms. The molecule has 0 fully saturated rings. The monoisotopic (exact) mass is 393 g/mol. The van der Waals surface area contributed by atoms with Crippen molar-refractivity contribution >= 4 is 11.8 Å². The molecule has 6 nitrogen and oxygen atoms in total. The first kappa shape index (κ1) is 22.0. The van der Waals surface area contributed by atoms with E-state index in [2.05, 4.69) is 11.4 Å². The topological polar surface area (TPSA) is 82.4 Å². The normalized spacial score (nSPS) is 11.4. The largest absolute Gasteiger partial charge is 0.494 e. The van der Waals surface area contributed by atoms with Crippen LogP contribution in [-0.2, 0) is 11.3 Å². The number of hydrogen-bond donors (Lipinski definition) is 1. The summed E-state index contributed by atoms with van der Waals surface area (Å²) in [5.74, 6) is 0.163. The summed E-state index contributed by atoms with van der Waals surface area (Å²) in [4.78, 5) is 27.2. The van der Waals surface area contributed by atoms with Crippen LogP contribution < -0.4 is 10.1 Å². The van der Waals surface area contributed by atoms with Crippen molar-refractivity contribution < 1.29 is 14.3 Å². The van der Waals surface area contributed by atoms with Gasteiger partial charge in [0.25, 0.3) is 5.91 Å². The van der Waals surface area contributed by atoms with Gasteiger partial charge in [0.2, 0.25) is 5.91 Å². The molecule has 152 valence electrons. The second-order valence-electron chi connectivity index (χ2n) is 7.16. The lowest BCUT2D eigenvalue weighted by atomic mass is 10.0. The molecular formula is C23H27N3O3. The molecule has 0 aliphatic rings. The molecule has 0 aliphatic carbocycles. The molecule has 2 aromatic carbocycles. The molecule has 2 aromatic rings. The van der Waals surface area contributed by atoms with Gasteiger partial charge in [0.15, 0.2) is 0 Å². The van der Waals surface area contributed by atoms with E-state index in [1.165, 1.54) is 0 Å². The van der Waals surface area contributed by atoms with E-state index in [4.69, 9.17) is 10.00 Å². The van der Waals surface area contributed by atoms with Crippen molar-refractivity contribution in [2.75, 3.05) is 13.7 Å². The van der Waals surface area contributed by atoms with E-state index in [0.717, 1.165) is 5.56 Å². The number of nitrogens with one attached hydrogen (secondary N) is 1. The second kappa shape index (κ2) is 10.3. The first-order chi connectivity index (χ1) is 13.8. The van der Waals surface area contributed by atoms with Crippen LogP contribution in [0.5, 0.6) is 5.75 Å². The van der Waals surface area contributed by atoms with Crippen LogP contribution in [-0.4, -0.2) is 36.4 Å². The number of benzene rings is 2. The smallest absolute Gasteiger partial charge is 0.251 e. The molecule has 1 atom stereocenters. The number of likely N-dealkylation sites (N-methyl/N-ethyl adjacent to an activating group) is 1. The van der Waals surface area contributed by atoms with E-state index >= 15 is 0 Å². The van der Waals surface area contributed by atoms with Crippen molar-refractivity contribution in [1.82, 2.24) is 10.2 Å². The standard InChI is InChI=1S/C23H27N3O3/c1-5-29-20-12-10-19(11-13-20)22(27)25-21(16(2)3)23(28)26(4)15-18-8-6-17(14-24)7-9-18/h6-13,16,21H,5,15H2,1-4H3,(H,25,27). The number of rotatable bonds is 8. The van der Waals surface area contributed by atoms with Crippen molar-refractivity contribution in [3.8, 4) is 11.8 Å². The van der Waals surface area contributed by atoms with Gasteiger partial charge in [-0.05, 0) is 54.8 Å². The van der Waals surface area contributed by atoms with Gasteiger partial charge in [-0.3, -0.25) is 9.59 Å². The maximum Gasteiger partial charge on any atom is 0.251 e. The van der Waals surface area contributed by atoms with Crippen LogP contribution in [0, 0.1) is 17.2 Å². The van der Waals surface area contributed by atoms with E-state index in [0.29, 0.717) is 30.0 Å². The Kier molecular flexibility index (Phi) is 7.79. The lowest BCUT2D eigenvalue weighted by molar-refractivity contribution is -0.133. The van der Waals surface area contributed by atoms with Gasteiger partial charge in [-0.15, -0.1) is 0 Å². The second-order valence-corrected chi connectivity index (χ2v) is 7.16. The van der Waals surface area contributed by atoms with E-state index in [1.807, 2.05) is 32.9 Å². The van der Waals surface area contributed by atoms with Gasteiger partial charge < -0.3 is 15.0 Å². The fourth-order valence-corrected chi connectivity index (χ4v) is 2.88. The molecule has 0 radical (unpaired) electrons. The SMILES string of the molecule is CCOc1ccc(C(=O)NC(C(=O)N(C)Cc2ccc(C#N)cc2)C(C)C)cc1. The number of carbonyl (C=O) groups excluding carboxylic acids is 2. The lowest BCUT2D eigenvalue weighted by Gasteiger charge is -2.27. The fraction of sp³-hybridized carbons (Fsp3) is 0.348. The predicted molar refractivity (Wildman–Crippen MR) is 111 cm³/mol. The molecule has 2 rings (SSSR count). The van der Waals surface area contributed by atoms with Gasteiger partial charge in [-0.1, -0.05) is 26.0 Å². The highest BCUT2D eigenvalue weighted by atomic mass is 16.5. The highest BCUT2D eigenvalue weighted by Gasteiger charge is 2.27. The third kappa shape index (κ3) is 6.08. The van der Waals surface area contributed by atoms with E-state index in [9.17, 15) is 9.59 Å². The maximum atomic E-state index is 13.0. The Hall–Kier alpha value is -3.33. The minimum atomic E-state index is -0.641. The number of hydrogen-bond acceptors (Lipinski definition) is 4. The van der Waals surface area contributed by atoms with Gasteiger partial charge in [-0.25, -0.2) is 0 Å². The van der Waals surface area contributed by atoms with Gasteiger partial charge in [0.05, 0.1) is 18.2 Å². The Morgan fingerprint density at radius 1 is 1.10 bits per heavy atom. The summed E-state index contributed by atoms with van der Waals surface area (Å²) in [7, 11) is 1.71. The van der Waals surface area contributed by atoms with Crippen LogP contribution >= 0.6 is 0 Å². The summed E-state index contributed by atoms with van der Waals surface area (Å²) in [5.41, 5.74) is 1.97. The van der Waals surface area contributed by atoms with Crippen LogP contribution in [0.1, 0.15) is 42.3 Å². The summed E-state index contributed by atoms with van der Waals surface area (Å²) in [5, 5.41) is 11.7. The highest BCUT2D eigenvalue weighted by molar-refractivity contribution is 5.97. The molecule has 29 heavy (non-hydrogen) atoms. The average Bonchev–Trinajstić information content (AvgIpc) is 2.72.